The zero-order valence-electron chi connectivity index (χ0n) is 13.6. The molecule has 0 unspecified atom stereocenters. The van der Waals surface area contributed by atoms with E-state index in [2.05, 4.69) is 0 Å². The summed E-state index contributed by atoms with van der Waals surface area (Å²) in [4.78, 5) is 51.2. The van der Waals surface area contributed by atoms with E-state index in [0.29, 0.717) is 12.0 Å². The lowest BCUT2D eigenvalue weighted by atomic mass is 9.85. The van der Waals surface area contributed by atoms with Gasteiger partial charge in [-0.2, -0.15) is 0 Å². The molecule has 0 N–H and O–H groups in total. The number of hydrogen-bond acceptors (Lipinski definition) is 4. The van der Waals surface area contributed by atoms with Crippen LogP contribution in [0.3, 0.4) is 0 Å². The predicted molar refractivity (Wildman–Crippen MR) is 86.1 cm³/mol. The Balaban J connectivity index is 1.78. The molecule has 1 aromatic rings. The first-order valence-corrected chi connectivity index (χ1v) is 8.28. The summed E-state index contributed by atoms with van der Waals surface area (Å²) in [6, 6.07) is 7.53. The van der Waals surface area contributed by atoms with Crippen LogP contribution >= 0.6 is 0 Å². The molecule has 1 heterocycles. The molecule has 1 saturated carbocycles. The topological polar surface area (TPSA) is 74.8 Å². The number of benzene rings is 1. The second-order valence-corrected chi connectivity index (χ2v) is 6.47. The molecule has 6 heteroatoms. The fraction of sp³-hybridized carbons (Fsp3) is 0.444. The second kappa shape index (κ2) is 6.55. The van der Waals surface area contributed by atoms with E-state index in [9.17, 15) is 19.2 Å². The number of ketones is 1. The number of hydrogen-bond donors (Lipinski definition) is 0. The van der Waals surface area contributed by atoms with Crippen molar-refractivity contribution >= 4 is 23.6 Å². The highest BCUT2D eigenvalue weighted by molar-refractivity contribution is 6.45. The van der Waals surface area contributed by atoms with Crippen molar-refractivity contribution in [2.24, 2.45) is 5.92 Å². The number of carbonyl (C=O) groups excluding carboxylic acids is 4. The van der Waals surface area contributed by atoms with Crippen LogP contribution < -0.4 is 0 Å². The zero-order chi connectivity index (χ0) is 17.3. The Morgan fingerprint density at radius 1 is 1.04 bits per heavy atom. The van der Waals surface area contributed by atoms with Gasteiger partial charge in [0.2, 0.25) is 0 Å². The summed E-state index contributed by atoms with van der Waals surface area (Å²) < 4.78 is 0. The maximum absolute atomic E-state index is 12.6. The standard InChI is InChI=1S/C18H20N2O4/c1-12-7-5-6-10-14(12)20-17(23)16(22)19(18(20)24)11-15(21)13-8-3-2-4-9-13/h2-4,8-9,12,14H,5-7,10-11H2,1H3/t12-,14-/m0/s1. The minimum Gasteiger partial charge on any atom is -0.292 e. The lowest BCUT2D eigenvalue weighted by Crippen LogP contribution is -2.46. The van der Waals surface area contributed by atoms with Crippen molar-refractivity contribution in [1.82, 2.24) is 9.80 Å². The maximum Gasteiger partial charge on any atom is 0.334 e. The molecule has 24 heavy (non-hydrogen) atoms. The summed E-state index contributed by atoms with van der Waals surface area (Å²) >= 11 is 0. The summed E-state index contributed by atoms with van der Waals surface area (Å²) in [7, 11) is 0. The minimum absolute atomic E-state index is 0.171. The highest BCUT2D eigenvalue weighted by Gasteiger charge is 2.49. The molecule has 2 aliphatic rings. The molecule has 4 amide bonds. The summed E-state index contributed by atoms with van der Waals surface area (Å²) in [5.74, 6) is -1.89. The Morgan fingerprint density at radius 2 is 1.71 bits per heavy atom. The van der Waals surface area contributed by atoms with Gasteiger partial charge in [-0.15, -0.1) is 0 Å². The summed E-state index contributed by atoms with van der Waals surface area (Å²) in [5, 5.41) is 0. The van der Waals surface area contributed by atoms with Crippen LogP contribution in [0.4, 0.5) is 4.79 Å². The fourth-order valence-electron chi connectivity index (χ4n) is 3.49. The number of amides is 4. The van der Waals surface area contributed by atoms with Crippen molar-refractivity contribution < 1.29 is 19.2 Å². The van der Waals surface area contributed by atoms with E-state index < -0.39 is 24.4 Å². The van der Waals surface area contributed by atoms with Gasteiger partial charge in [0.25, 0.3) is 0 Å². The molecule has 0 radical (unpaired) electrons. The van der Waals surface area contributed by atoms with Gasteiger partial charge in [-0.25, -0.2) is 9.69 Å². The third-order valence-electron chi connectivity index (χ3n) is 4.88. The van der Waals surface area contributed by atoms with E-state index >= 15 is 0 Å². The van der Waals surface area contributed by atoms with Crippen molar-refractivity contribution in [1.29, 1.82) is 0 Å². The molecular weight excluding hydrogens is 308 g/mol. The van der Waals surface area contributed by atoms with Gasteiger partial charge >= 0.3 is 17.8 Å². The smallest absolute Gasteiger partial charge is 0.292 e. The monoisotopic (exact) mass is 328 g/mol. The molecule has 0 spiro atoms. The van der Waals surface area contributed by atoms with Gasteiger partial charge < -0.3 is 0 Å². The van der Waals surface area contributed by atoms with Crippen molar-refractivity contribution in [3.05, 3.63) is 35.9 Å². The molecule has 2 fully saturated rings. The van der Waals surface area contributed by atoms with Gasteiger partial charge in [0.1, 0.15) is 0 Å². The lowest BCUT2D eigenvalue weighted by Gasteiger charge is -2.34. The Kier molecular flexibility index (Phi) is 4.46. The van der Waals surface area contributed by atoms with Gasteiger partial charge in [-0.3, -0.25) is 19.3 Å². The van der Waals surface area contributed by atoms with Crippen LogP contribution in [0.1, 0.15) is 43.0 Å². The number of Topliss-reactive ketones (excluding diaryl/α,β-unsaturated/α-hetero) is 1. The normalized spacial score (nSPS) is 24.6. The van der Waals surface area contributed by atoms with Crippen molar-refractivity contribution in [2.75, 3.05) is 6.54 Å². The Morgan fingerprint density at radius 3 is 2.38 bits per heavy atom. The highest BCUT2D eigenvalue weighted by Crippen LogP contribution is 2.31. The van der Waals surface area contributed by atoms with Gasteiger partial charge in [-0.05, 0) is 18.8 Å². The average Bonchev–Trinajstić information content (AvgIpc) is 2.80. The first-order chi connectivity index (χ1) is 11.5. The number of urea groups is 1. The van der Waals surface area contributed by atoms with E-state index in [4.69, 9.17) is 0 Å². The van der Waals surface area contributed by atoms with E-state index in [0.717, 1.165) is 29.1 Å². The van der Waals surface area contributed by atoms with Gasteiger partial charge in [-0.1, -0.05) is 50.1 Å². The third kappa shape index (κ3) is 2.84. The van der Waals surface area contributed by atoms with Crippen LogP contribution in [0.5, 0.6) is 0 Å². The third-order valence-corrected chi connectivity index (χ3v) is 4.88. The average molecular weight is 328 g/mol. The molecule has 1 saturated heterocycles. The Labute approximate surface area is 140 Å². The van der Waals surface area contributed by atoms with Crippen LogP contribution in [0.15, 0.2) is 30.3 Å². The molecule has 1 aromatic carbocycles. The number of imide groups is 2. The summed E-state index contributed by atoms with van der Waals surface area (Å²) in [6.45, 7) is 1.59. The lowest BCUT2D eigenvalue weighted by molar-refractivity contribution is -0.144. The van der Waals surface area contributed by atoms with E-state index in [1.54, 1.807) is 30.3 Å². The van der Waals surface area contributed by atoms with Crippen LogP contribution in [-0.4, -0.2) is 46.0 Å². The largest absolute Gasteiger partial charge is 0.334 e. The SMILES string of the molecule is C[C@H]1CCCC[C@@H]1N1C(=O)C(=O)N(CC(=O)c2ccccc2)C1=O. The van der Waals surface area contributed by atoms with Crippen LogP contribution in [-0.2, 0) is 9.59 Å². The minimum atomic E-state index is -0.901. The number of carbonyl (C=O) groups is 4. The van der Waals surface area contributed by atoms with Crippen LogP contribution in [0.2, 0.25) is 0 Å². The molecule has 126 valence electrons. The van der Waals surface area contributed by atoms with E-state index in [1.165, 1.54) is 0 Å². The Hall–Kier alpha value is -2.50. The highest BCUT2D eigenvalue weighted by atomic mass is 16.2. The van der Waals surface area contributed by atoms with Crippen molar-refractivity contribution in [3.63, 3.8) is 0 Å². The van der Waals surface area contributed by atoms with Crippen molar-refractivity contribution in [2.45, 2.75) is 38.6 Å². The van der Waals surface area contributed by atoms with Crippen molar-refractivity contribution in [3.8, 4) is 0 Å². The maximum atomic E-state index is 12.6. The van der Waals surface area contributed by atoms with Gasteiger partial charge in [0, 0.05) is 11.6 Å². The van der Waals surface area contributed by atoms with Gasteiger partial charge in [0.15, 0.2) is 5.78 Å². The van der Waals surface area contributed by atoms with E-state index in [1.807, 2.05) is 6.92 Å². The molecule has 3 rings (SSSR count). The molecule has 0 bridgehead atoms. The number of rotatable bonds is 4. The molecule has 2 atom stereocenters. The molecule has 1 aliphatic carbocycles. The molecule has 1 aliphatic heterocycles. The fourth-order valence-corrected chi connectivity index (χ4v) is 3.49. The summed E-state index contributed by atoms with van der Waals surface area (Å²) in [5.41, 5.74) is 0.412. The van der Waals surface area contributed by atoms with E-state index in [-0.39, 0.29) is 17.7 Å². The van der Waals surface area contributed by atoms with Gasteiger partial charge in [0.05, 0.1) is 6.54 Å². The summed E-state index contributed by atoms with van der Waals surface area (Å²) in [6.07, 6.45) is 3.65. The number of nitrogens with zero attached hydrogens (tertiary/aromatic N) is 2. The predicted octanol–water partition coefficient (Wildman–Crippen LogP) is 2.24. The van der Waals surface area contributed by atoms with Crippen LogP contribution in [0.25, 0.3) is 0 Å². The first kappa shape index (κ1) is 16.4. The quantitative estimate of drug-likeness (QED) is 0.482. The molecule has 0 aromatic heterocycles. The molecule has 6 nitrogen and oxygen atoms in total. The first-order valence-electron chi connectivity index (χ1n) is 8.28. The van der Waals surface area contributed by atoms with Crippen LogP contribution in [0, 0.1) is 5.92 Å². The Bertz CT molecular complexity index is 686. The molecular formula is C18H20N2O4. The second-order valence-electron chi connectivity index (χ2n) is 6.47. The zero-order valence-corrected chi connectivity index (χ0v) is 13.6.